The predicted octanol–water partition coefficient (Wildman–Crippen LogP) is 1.71. The highest BCUT2D eigenvalue weighted by Gasteiger charge is 2.31. The van der Waals surface area contributed by atoms with E-state index < -0.39 is 5.60 Å². The normalized spacial score (nSPS) is 24.9. The summed E-state index contributed by atoms with van der Waals surface area (Å²) in [6, 6.07) is 3.97. The fourth-order valence-corrected chi connectivity index (χ4v) is 3.07. The molecule has 1 aromatic heterocycles. The number of rotatable bonds is 3. The van der Waals surface area contributed by atoms with Crippen molar-refractivity contribution >= 4 is 5.69 Å². The maximum absolute atomic E-state index is 9.70. The van der Waals surface area contributed by atoms with Crippen LogP contribution in [0.5, 0.6) is 0 Å². The first-order chi connectivity index (χ1) is 11.4. The molecule has 2 aliphatic rings. The summed E-state index contributed by atoms with van der Waals surface area (Å²) in [5, 5.41) is 19.0. The van der Waals surface area contributed by atoms with Crippen molar-refractivity contribution in [3.8, 4) is 11.8 Å². The van der Waals surface area contributed by atoms with Crippen LogP contribution in [0.2, 0.25) is 0 Å². The smallest absolute Gasteiger partial charge is 0.120 e. The Labute approximate surface area is 143 Å². The molecule has 0 aromatic carbocycles. The van der Waals surface area contributed by atoms with Crippen molar-refractivity contribution in [3.63, 3.8) is 0 Å². The minimum Gasteiger partial charge on any atom is -0.393 e. The Morgan fingerprint density at radius 1 is 1.25 bits per heavy atom. The second-order valence-electron chi connectivity index (χ2n) is 7.28. The number of piperidine rings is 1. The van der Waals surface area contributed by atoms with Gasteiger partial charge in [-0.05, 0) is 57.6 Å². The van der Waals surface area contributed by atoms with Crippen LogP contribution in [0.4, 0.5) is 5.69 Å². The van der Waals surface area contributed by atoms with Gasteiger partial charge in [-0.2, -0.15) is 0 Å². The molecule has 3 rings (SSSR count). The summed E-state index contributed by atoms with van der Waals surface area (Å²) >= 11 is 0. The number of hydrogen-bond donors (Lipinski definition) is 2. The molecule has 5 nitrogen and oxygen atoms in total. The zero-order valence-corrected chi connectivity index (χ0v) is 14.4. The molecule has 2 N–H and O–H groups in total. The van der Waals surface area contributed by atoms with Gasteiger partial charge in [0.15, 0.2) is 0 Å². The fraction of sp³-hybridized carbons (Fsp3) is 0.632. The van der Waals surface area contributed by atoms with Crippen LogP contribution < -0.4 is 4.90 Å². The number of ether oxygens (including phenoxy) is 1. The summed E-state index contributed by atoms with van der Waals surface area (Å²) in [6.07, 6.45) is 5.73. The Kier molecular flexibility index (Phi) is 5.09. The van der Waals surface area contributed by atoms with Gasteiger partial charge < -0.3 is 19.8 Å². The SMILES string of the molecule is CC(C)(O)C#Cc1cc(N2CCC(OC3CC(O)C3)CC2)ccn1. The van der Waals surface area contributed by atoms with Crippen molar-refractivity contribution in [2.24, 2.45) is 0 Å². The standard InChI is InChI=1S/C19H26N2O3/c1-19(2,23)7-3-14-11-15(4-8-20-14)21-9-5-17(6-10-21)24-18-12-16(22)13-18/h4,8,11,16-18,22-23H,5-6,9-10,12-13H2,1-2H3. The molecule has 5 heteroatoms. The number of aromatic nitrogens is 1. The molecule has 1 aromatic rings. The van der Waals surface area contributed by atoms with Gasteiger partial charge in [0.2, 0.25) is 0 Å². The van der Waals surface area contributed by atoms with Crippen molar-refractivity contribution in [3.05, 3.63) is 24.0 Å². The van der Waals surface area contributed by atoms with E-state index in [0.29, 0.717) is 11.8 Å². The first-order valence-corrected chi connectivity index (χ1v) is 8.69. The van der Waals surface area contributed by atoms with Crippen molar-refractivity contribution in [1.29, 1.82) is 0 Å². The second-order valence-corrected chi connectivity index (χ2v) is 7.28. The molecule has 1 saturated carbocycles. The number of aliphatic hydroxyl groups excluding tert-OH is 1. The molecule has 1 saturated heterocycles. The fourth-order valence-electron chi connectivity index (χ4n) is 3.07. The molecule has 0 unspecified atom stereocenters. The molecule has 24 heavy (non-hydrogen) atoms. The summed E-state index contributed by atoms with van der Waals surface area (Å²) in [5.74, 6) is 5.73. The van der Waals surface area contributed by atoms with Gasteiger partial charge in [0, 0.05) is 25.0 Å². The van der Waals surface area contributed by atoms with Gasteiger partial charge in [-0.3, -0.25) is 0 Å². The molecule has 0 atom stereocenters. The van der Waals surface area contributed by atoms with Crippen LogP contribution in [0.15, 0.2) is 18.3 Å². The van der Waals surface area contributed by atoms with Crippen LogP contribution in [0.1, 0.15) is 45.2 Å². The largest absolute Gasteiger partial charge is 0.393 e. The third-order valence-corrected chi connectivity index (χ3v) is 4.50. The molecule has 0 spiro atoms. The maximum Gasteiger partial charge on any atom is 0.120 e. The summed E-state index contributed by atoms with van der Waals surface area (Å²) in [7, 11) is 0. The predicted molar refractivity (Wildman–Crippen MR) is 92.8 cm³/mol. The van der Waals surface area contributed by atoms with Crippen LogP contribution in [-0.4, -0.2) is 52.2 Å². The minimum atomic E-state index is -1.01. The monoisotopic (exact) mass is 330 g/mol. The third-order valence-electron chi connectivity index (χ3n) is 4.50. The van der Waals surface area contributed by atoms with E-state index in [2.05, 4.69) is 21.7 Å². The first kappa shape index (κ1) is 17.2. The molecule has 130 valence electrons. The summed E-state index contributed by atoms with van der Waals surface area (Å²) in [4.78, 5) is 6.58. The van der Waals surface area contributed by atoms with Crippen molar-refractivity contribution in [1.82, 2.24) is 4.98 Å². The Morgan fingerprint density at radius 2 is 1.96 bits per heavy atom. The lowest BCUT2D eigenvalue weighted by atomic mass is 9.91. The van der Waals surface area contributed by atoms with E-state index in [4.69, 9.17) is 4.74 Å². The van der Waals surface area contributed by atoms with Crippen LogP contribution in [0.3, 0.4) is 0 Å². The summed E-state index contributed by atoms with van der Waals surface area (Å²) in [6.45, 7) is 5.22. The lowest BCUT2D eigenvalue weighted by molar-refractivity contribution is -0.108. The molecular formula is C19H26N2O3. The van der Waals surface area contributed by atoms with E-state index in [9.17, 15) is 10.2 Å². The Bertz CT molecular complexity index is 615. The van der Waals surface area contributed by atoms with Crippen LogP contribution in [-0.2, 0) is 4.74 Å². The van der Waals surface area contributed by atoms with Gasteiger partial charge in [-0.1, -0.05) is 5.92 Å². The van der Waals surface area contributed by atoms with E-state index >= 15 is 0 Å². The number of aliphatic hydroxyl groups is 2. The molecule has 1 aliphatic heterocycles. The van der Waals surface area contributed by atoms with Crippen LogP contribution >= 0.6 is 0 Å². The molecule has 2 heterocycles. The molecule has 0 radical (unpaired) electrons. The number of anilines is 1. The highest BCUT2D eigenvalue weighted by molar-refractivity contribution is 5.50. The van der Waals surface area contributed by atoms with E-state index in [1.807, 2.05) is 12.1 Å². The van der Waals surface area contributed by atoms with E-state index in [1.165, 1.54) is 0 Å². The quantitative estimate of drug-likeness (QED) is 0.826. The molecule has 1 aliphatic carbocycles. The lowest BCUT2D eigenvalue weighted by Gasteiger charge is -2.38. The summed E-state index contributed by atoms with van der Waals surface area (Å²) in [5.41, 5.74) is 0.779. The zero-order valence-electron chi connectivity index (χ0n) is 14.4. The average molecular weight is 330 g/mol. The van der Waals surface area contributed by atoms with Gasteiger partial charge in [-0.25, -0.2) is 4.98 Å². The van der Waals surface area contributed by atoms with Crippen molar-refractivity contribution < 1.29 is 14.9 Å². The Balaban J connectivity index is 1.55. The van der Waals surface area contributed by atoms with Gasteiger partial charge in [0.1, 0.15) is 11.3 Å². The zero-order chi connectivity index (χ0) is 17.2. The van der Waals surface area contributed by atoms with Gasteiger partial charge in [-0.15, -0.1) is 0 Å². The third kappa shape index (κ3) is 4.70. The highest BCUT2D eigenvalue weighted by atomic mass is 16.5. The van der Waals surface area contributed by atoms with Gasteiger partial charge >= 0.3 is 0 Å². The number of pyridine rings is 1. The van der Waals surface area contributed by atoms with E-state index in [0.717, 1.165) is 44.5 Å². The van der Waals surface area contributed by atoms with Gasteiger partial charge in [0.25, 0.3) is 0 Å². The number of nitrogens with zero attached hydrogens (tertiary/aromatic N) is 2. The Morgan fingerprint density at radius 3 is 2.58 bits per heavy atom. The topological polar surface area (TPSA) is 65.8 Å². The Hall–Kier alpha value is -1.61. The van der Waals surface area contributed by atoms with Crippen LogP contribution in [0, 0.1) is 11.8 Å². The van der Waals surface area contributed by atoms with Gasteiger partial charge in [0.05, 0.1) is 18.3 Å². The lowest BCUT2D eigenvalue weighted by Crippen LogP contribution is -2.42. The van der Waals surface area contributed by atoms with Crippen molar-refractivity contribution in [2.75, 3.05) is 18.0 Å². The maximum atomic E-state index is 9.70. The van der Waals surface area contributed by atoms with Crippen molar-refractivity contribution in [2.45, 2.75) is 63.4 Å². The van der Waals surface area contributed by atoms with Crippen LogP contribution in [0.25, 0.3) is 0 Å². The minimum absolute atomic E-state index is 0.157. The summed E-state index contributed by atoms with van der Waals surface area (Å²) < 4.78 is 6.03. The molecular weight excluding hydrogens is 304 g/mol. The number of hydrogen-bond acceptors (Lipinski definition) is 5. The molecule has 2 fully saturated rings. The average Bonchev–Trinajstić information content (AvgIpc) is 2.52. The highest BCUT2D eigenvalue weighted by Crippen LogP contribution is 2.28. The second kappa shape index (κ2) is 7.10. The first-order valence-electron chi connectivity index (χ1n) is 8.69. The molecule has 0 amide bonds. The van der Waals surface area contributed by atoms with E-state index in [-0.39, 0.29) is 12.2 Å². The van der Waals surface area contributed by atoms with E-state index in [1.54, 1.807) is 20.0 Å². The molecule has 0 bridgehead atoms.